The number of hydrogen-bond donors (Lipinski definition) is 1. The van der Waals surface area contributed by atoms with Gasteiger partial charge in [0.15, 0.2) is 0 Å². The molecule has 2 amide bonds. The average Bonchev–Trinajstić information content (AvgIpc) is 3.29. The van der Waals surface area contributed by atoms with Crippen LogP contribution >= 0.6 is 11.3 Å². The molecule has 0 aliphatic carbocycles. The van der Waals surface area contributed by atoms with E-state index in [9.17, 15) is 14.4 Å². The van der Waals surface area contributed by atoms with Crippen molar-refractivity contribution in [3.05, 3.63) is 75.7 Å². The van der Waals surface area contributed by atoms with Gasteiger partial charge in [-0.15, -0.1) is 11.3 Å². The smallest absolute Gasteiger partial charge is 0.281 e. The highest BCUT2D eigenvalue weighted by molar-refractivity contribution is 7.16. The molecule has 0 spiro atoms. The van der Waals surface area contributed by atoms with Crippen LogP contribution in [0.3, 0.4) is 0 Å². The fraction of sp³-hybridized carbons (Fsp3) is 0.250. The van der Waals surface area contributed by atoms with E-state index < -0.39 is 0 Å². The number of hydrogen-bond acceptors (Lipinski definition) is 5. The third-order valence-electron chi connectivity index (χ3n) is 6.06. The van der Waals surface area contributed by atoms with Crippen molar-refractivity contribution in [2.75, 3.05) is 18.5 Å². The van der Waals surface area contributed by atoms with Gasteiger partial charge in [0.1, 0.15) is 10.7 Å². The van der Waals surface area contributed by atoms with Crippen LogP contribution in [0.1, 0.15) is 29.0 Å². The minimum atomic E-state index is -0.273. The summed E-state index contributed by atoms with van der Waals surface area (Å²) >= 11 is 1.40. The number of nitrogens with zero attached hydrogens (tertiary/aromatic N) is 3. The second-order valence-electron chi connectivity index (χ2n) is 8.01. The van der Waals surface area contributed by atoms with Gasteiger partial charge in [0.05, 0.1) is 5.39 Å². The maximum atomic E-state index is 13.1. The number of fused-ring (bicyclic) bond motifs is 2. The number of benzene rings is 2. The molecule has 2 aromatic carbocycles. The lowest BCUT2D eigenvalue weighted by atomic mass is 9.95. The average molecular weight is 447 g/mol. The van der Waals surface area contributed by atoms with Crippen molar-refractivity contribution < 1.29 is 9.59 Å². The molecule has 0 unspecified atom stereocenters. The standard InChI is InChI=1S/C24H22N4O3S/c1-15-25-22-20(11-14-32-22)24(31)28(15)26-21(29)17-9-12-27(13-10-17)23(30)19-8-4-6-16-5-2-3-7-18(16)19/h2-8,11,14,17H,9-10,12-13H2,1H3,(H,26,29). The molecule has 32 heavy (non-hydrogen) atoms. The van der Waals surface area contributed by atoms with E-state index in [2.05, 4.69) is 10.4 Å². The van der Waals surface area contributed by atoms with Gasteiger partial charge < -0.3 is 4.90 Å². The van der Waals surface area contributed by atoms with Gasteiger partial charge in [-0.2, -0.15) is 0 Å². The van der Waals surface area contributed by atoms with Crippen molar-refractivity contribution in [1.29, 1.82) is 0 Å². The lowest BCUT2D eigenvalue weighted by Gasteiger charge is -2.31. The van der Waals surface area contributed by atoms with Gasteiger partial charge in [-0.25, -0.2) is 9.66 Å². The van der Waals surface area contributed by atoms with Crippen molar-refractivity contribution in [2.45, 2.75) is 19.8 Å². The molecular formula is C24H22N4O3S. The molecule has 4 aromatic rings. The van der Waals surface area contributed by atoms with Crippen LogP contribution in [0.5, 0.6) is 0 Å². The molecule has 1 fully saturated rings. The number of likely N-dealkylation sites (tertiary alicyclic amines) is 1. The topological polar surface area (TPSA) is 84.3 Å². The molecule has 7 nitrogen and oxygen atoms in total. The van der Waals surface area contributed by atoms with Crippen LogP contribution < -0.4 is 11.0 Å². The van der Waals surface area contributed by atoms with E-state index >= 15 is 0 Å². The van der Waals surface area contributed by atoms with Crippen LogP contribution in [-0.4, -0.2) is 39.5 Å². The SMILES string of the molecule is Cc1nc2sccc2c(=O)n1NC(=O)C1CCN(C(=O)c2cccc3ccccc23)CC1. The first-order chi connectivity index (χ1) is 15.5. The Bertz CT molecular complexity index is 1390. The van der Waals surface area contributed by atoms with Crippen LogP contribution in [0.4, 0.5) is 0 Å². The zero-order chi connectivity index (χ0) is 22.2. The monoisotopic (exact) mass is 446 g/mol. The number of thiophene rings is 1. The molecule has 1 N–H and O–H groups in total. The van der Waals surface area contributed by atoms with Gasteiger partial charge in [-0.3, -0.25) is 19.8 Å². The molecule has 5 rings (SSSR count). The fourth-order valence-electron chi connectivity index (χ4n) is 4.28. The molecule has 1 saturated heterocycles. The van der Waals surface area contributed by atoms with E-state index in [0.717, 1.165) is 10.8 Å². The molecule has 1 aliphatic heterocycles. The minimum absolute atomic E-state index is 0.0140. The number of amides is 2. The van der Waals surface area contributed by atoms with E-state index in [4.69, 9.17) is 0 Å². The third kappa shape index (κ3) is 3.56. The Labute approximate surface area is 188 Å². The predicted molar refractivity (Wildman–Crippen MR) is 126 cm³/mol. The van der Waals surface area contributed by atoms with Gasteiger partial charge >= 0.3 is 0 Å². The lowest BCUT2D eigenvalue weighted by molar-refractivity contribution is -0.122. The summed E-state index contributed by atoms with van der Waals surface area (Å²) in [4.78, 5) is 45.6. The fourth-order valence-corrected chi connectivity index (χ4v) is 5.08. The first-order valence-electron chi connectivity index (χ1n) is 10.6. The quantitative estimate of drug-likeness (QED) is 0.522. The largest absolute Gasteiger partial charge is 0.339 e. The Hall–Kier alpha value is -3.52. The molecule has 1 aliphatic rings. The highest BCUT2D eigenvalue weighted by Gasteiger charge is 2.29. The number of rotatable bonds is 3. The Morgan fingerprint density at radius 1 is 1.03 bits per heavy atom. The Morgan fingerprint density at radius 3 is 2.59 bits per heavy atom. The normalized spacial score (nSPS) is 14.7. The molecule has 162 valence electrons. The zero-order valence-corrected chi connectivity index (χ0v) is 18.4. The first kappa shape index (κ1) is 20.4. The van der Waals surface area contributed by atoms with Gasteiger partial charge in [0, 0.05) is 24.6 Å². The summed E-state index contributed by atoms with van der Waals surface area (Å²) in [5.41, 5.74) is 3.15. The highest BCUT2D eigenvalue weighted by atomic mass is 32.1. The first-order valence-corrected chi connectivity index (χ1v) is 11.5. The van der Waals surface area contributed by atoms with Crippen LogP contribution in [0, 0.1) is 12.8 Å². The van der Waals surface area contributed by atoms with E-state index in [-0.39, 0.29) is 23.3 Å². The van der Waals surface area contributed by atoms with E-state index in [1.54, 1.807) is 13.0 Å². The van der Waals surface area contributed by atoms with Crippen LogP contribution in [0.25, 0.3) is 21.0 Å². The summed E-state index contributed by atoms with van der Waals surface area (Å²) in [5, 5.41) is 4.28. The predicted octanol–water partition coefficient (Wildman–Crippen LogP) is 3.54. The number of carbonyl (C=O) groups is 2. The van der Waals surface area contributed by atoms with E-state index in [0.29, 0.717) is 47.5 Å². The van der Waals surface area contributed by atoms with E-state index in [1.165, 1.54) is 16.0 Å². The molecule has 0 atom stereocenters. The van der Waals surface area contributed by atoms with Crippen molar-refractivity contribution in [3.63, 3.8) is 0 Å². The van der Waals surface area contributed by atoms with Gasteiger partial charge in [-0.1, -0.05) is 36.4 Å². The second-order valence-corrected chi connectivity index (χ2v) is 8.90. The van der Waals surface area contributed by atoms with Gasteiger partial charge in [0.2, 0.25) is 5.91 Å². The molecule has 0 bridgehead atoms. The molecule has 8 heteroatoms. The number of nitrogens with one attached hydrogen (secondary N) is 1. The highest BCUT2D eigenvalue weighted by Crippen LogP contribution is 2.24. The summed E-state index contributed by atoms with van der Waals surface area (Å²) in [5.74, 6) is -0.0541. The summed E-state index contributed by atoms with van der Waals surface area (Å²) in [6.45, 7) is 2.69. The molecule has 3 heterocycles. The summed E-state index contributed by atoms with van der Waals surface area (Å²) in [6.07, 6.45) is 1.09. The zero-order valence-electron chi connectivity index (χ0n) is 17.6. The van der Waals surface area contributed by atoms with Crippen LogP contribution in [0.2, 0.25) is 0 Å². The summed E-state index contributed by atoms with van der Waals surface area (Å²) < 4.78 is 1.23. The molecular weight excluding hydrogens is 424 g/mol. The van der Waals surface area contributed by atoms with Crippen molar-refractivity contribution in [1.82, 2.24) is 14.6 Å². The van der Waals surface area contributed by atoms with E-state index in [1.807, 2.05) is 52.7 Å². The lowest BCUT2D eigenvalue weighted by Crippen LogP contribution is -2.44. The molecule has 2 aromatic heterocycles. The number of carbonyl (C=O) groups excluding carboxylic acids is 2. The van der Waals surface area contributed by atoms with Crippen molar-refractivity contribution in [2.24, 2.45) is 5.92 Å². The number of aromatic nitrogens is 2. The maximum absolute atomic E-state index is 13.1. The second kappa shape index (κ2) is 8.20. The molecule has 0 saturated carbocycles. The Balaban J connectivity index is 1.28. The number of piperidine rings is 1. The van der Waals surface area contributed by atoms with Gasteiger partial charge in [0.25, 0.3) is 11.5 Å². The van der Waals surface area contributed by atoms with Crippen molar-refractivity contribution in [3.8, 4) is 0 Å². The molecule has 0 radical (unpaired) electrons. The van der Waals surface area contributed by atoms with Gasteiger partial charge in [-0.05, 0) is 48.1 Å². The minimum Gasteiger partial charge on any atom is -0.339 e. The van der Waals surface area contributed by atoms with Crippen molar-refractivity contribution >= 4 is 44.1 Å². The Morgan fingerprint density at radius 2 is 1.78 bits per heavy atom. The van der Waals surface area contributed by atoms with Crippen LogP contribution in [0.15, 0.2) is 58.7 Å². The maximum Gasteiger partial charge on any atom is 0.281 e. The Kier molecular flexibility index (Phi) is 5.22. The summed E-state index contributed by atoms with van der Waals surface area (Å²) in [6, 6.07) is 15.3. The van der Waals surface area contributed by atoms with Crippen LogP contribution in [-0.2, 0) is 4.79 Å². The number of aryl methyl sites for hydroxylation is 1. The third-order valence-corrected chi connectivity index (χ3v) is 6.87. The summed E-state index contributed by atoms with van der Waals surface area (Å²) in [7, 11) is 0.